The molecule has 1 aromatic heterocycles. The highest BCUT2D eigenvalue weighted by Crippen LogP contribution is 2.37. The normalized spacial score (nSPS) is 11.5. The van der Waals surface area contributed by atoms with Gasteiger partial charge in [0, 0.05) is 11.1 Å². The van der Waals surface area contributed by atoms with E-state index in [2.05, 4.69) is 16.8 Å². The number of hydrogen-bond donors (Lipinski definition) is 0. The molecule has 0 bridgehead atoms. The molecule has 0 N–H and O–H groups in total. The van der Waals surface area contributed by atoms with Gasteiger partial charge in [-0.05, 0) is 73.8 Å². The van der Waals surface area contributed by atoms with Gasteiger partial charge in [0.05, 0.1) is 0 Å². The molecule has 0 aliphatic heterocycles. The zero-order chi connectivity index (χ0) is 16.9. The van der Waals surface area contributed by atoms with E-state index in [1.807, 2.05) is 6.07 Å². The van der Waals surface area contributed by atoms with Gasteiger partial charge >= 0.3 is 5.51 Å². The van der Waals surface area contributed by atoms with E-state index < -0.39 is 11.1 Å². The van der Waals surface area contributed by atoms with Gasteiger partial charge in [0.1, 0.15) is 11.4 Å². The second kappa shape index (κ2) is 6.97. The molecule has 6 heteroatoms. The number of nitrogens with zero attached hydrogens (tertiary/aromatic N) is 1. The van der Waals surface area contributed by atoms with Crippen LogP contribution < -0.4 is 4.74 Å². The van der Waals surface area contributed by atoms with E-state index in [0.29, 0.717) is 11.4 Å². The summed E-state index contributed by atoms with van der Waals surface area (Å²) < 4.78 is 42.6. The number of aromatic nitrogens is 1. The molecule has 0 spiro atoms. The third kappa shape index (κ3) is 6.25. The van der Waals surface area contributed by atoms with Gasteiger partial charge in [-0.2, -0.15) is 13.2 Å². The molecular weight excluding hydrogens is 323 g/mol. The molecule has 23 heavy (non-hydrogen) atoms. The van der Waals surface area contributed by atoms with Crippen LogP contribution in [0.2, 0.25) is 0 Å². The topological polar surface area (TPSA) is 22.1 Å². The third-order valence-corrected chi connectivity index (χ3v) is 3.33. The van der Waals surface area contributed by atoms with Gasteiger partial charge in [-0.15, -0.1) is 0 Å². The predicted molar refractivity (Wildman–Crippen MR) is 84.2 cm³/mol. The van der Waals surface area contributed by atoms with E-state index in [9.17, 15) is 13.2 Å². The van der Waals surface area contributed by atoms with Crippen molar-refractivity contribution in [2.24, 2.45) is 0 Å². The van der Waals surface area contributed by atoms with E-state index in [1.54, 1.807) is 32.2 Å². The molecular formula is C17H14F3NOS. The minimum absolute atomic E-state index is 0.113. The average molecular weight is 337 g/mol. The molecule has 0 atom stereocenters. The van der Waals surface area contributed by atoms with Crippen LogP contribution in [0, 0.1) is 11.8 Å². The lowest BCUT2D eigenvalue weighted by Crippen LogP contribution is -2.25. The van der Waals surface area contributed by atoms with Crippen LogP contribution in [0.3, 0.4) is 0 Å². The number of rotatable bonds is 3. The van der Waals surface area contributed by atoms with E-state index in [0.717, 1.165) is 0 Å². The first-order valence-corrected chi connectivity index (χ1v) is 7.54. The fourth-order valence-corrected chi connectivity index (χ4v) is 2.22. The minimum Gasteiger partial charge on any atom is -0.475 e. The van der Waals surface area contributed by atoms with Crippen molar-refractivity contribution in [1.82, 2.24) is 4.98 Å². The molecule has 0 saturated carbocycles. The summed E-state index contributed by atoms with van der Waals surface area (Å²) in [5, 5.41) is 0. The van der Waals surface area contributed by atoms with Crippen LogP contribution in [0.1, 0.15) is 19.5 Å². The van der Waals surface area contributed by atoms with Crippen LogP contribution in [0.15, 0.2) is 53.6 Å². The molecule has 0 amide bonds. The molecule has 0 aliphatic carbocycles. The Balaban J connectivity index is 2.04. The van der Waals surface area contributed by atoms with Gasteiger partial charge in [-0.25, -0.2) is 4.98 Å². The van der Waals surface area contributed by atoms with Gasteiger partial charge in [0.15, 0.2) is 5.60 Å². The van der Waals surface area contributed by atoms with Crippen molar-refractivity contribution in [3.8, 4) is 17.6 Å². The highest BCUT2D eigenvalue weighted by molar-refractivity contribution is 8.00. The standard InChI is InChI=1S/C17H14F3NOS/c1-16(2,11-10-13-5-3-4-12-21-13)22-14-6-8-15(9-7-14)23-17(18,19)20/h3-9,12H,1-2H3. The number of alkyl halides is 3. The second-order valence-electron chi connectivity index (χ2n) is 5.10. The first-order chi connectivity index (χ1) is 10.7. The van der Waals surface area contributed by atoms with Crippen LogP contribution in [0.25, 0.3) is 0 Å². The Bertz CT molecular complexity index is 701. The van der Waals surface area contributed by atoms with Crippen molar-refractivity contribution in [3.05, 3.63) is 54.4 Å². The highest BCUT2D eigenvalue weighted by Gasteiger charge is 2.29. The molecule has 1 aromatic carbocycles. The Hall–Kier alpha value is -2.13. The fourth-order valence-electron chi connectivity index (χ4n) is 1.68. The highest BCUT2D eigenvalue weighted by atomic mass is 32.2. The number of hydrogen-bond acceptors (Lipinski definition) is 3. The van der Waals surface area contributed by atoms with Gasteiger partial charge in [0.2, 0.25) is 0 Å². The fraction of sp³-hybridized carbons (Fsp3) is 0.235. The Morgan fingerprint density at radius 1 is 1.04 bits per heavy atom. The van der Waals surface area contributed by atoms with E-state index in [1.165, 1.54) is 24.3 Å². The van der Waals surface area contributed by atoms with Crippen LogP contribution >= 0.6 is 11.8 Å². The Morgan fingerprint density at radius 2 is 1.74 bits per heavy atom. The average Bonchev–Trinajstić information content (AvgIpc) is 2.47. The van der Waals surface area contributed by atoms with Crippen molar-refractivity contribution in [1.29, 1.82) is 0 Å². The van der Waals surface area contributed by atoms with Crippen LogP contribution in [-0.2, 0) is 0 Å². The van der Waals surface area contributed by atoms with Gasteiger partial charge in [-0.3, -0.25) is 0 Å². The van der Waals surface area contributed by atoms with Crippen molar-refractivity contribution >= 4 is 11.8 Å². The predicted octanol–water partition coefficient (Wildman–Crippen LogP) is 4.90. The summed E-state index contributed by atoms with van der Waals surface area (Å²) in [6.07, 6.45) is 1.65. The maximum Gasteiger partial charge on any atom is 0.446 e. The largest absolute Gasteiger partial charge is 0.475 e. The monoisotopic (exact) mass is 337 g/mol. The third-order valence-electron chi connectivity index (χ3n) is 2.59. The second-order valence-corrected chi connectivity index (χ2v) is 6.23. The summed E-state index contributed by atoms with van der Waals surface area (Å²) >= 11 is -0.157. The lowest BCUT2D eigenvalue weighted by Gasteiger charge is -2.20. The molecule has 2 nitrogen and oxygen atoms in total. The summed E-state index contributed by atoms with van der Waals surface area (Å²) in [6, 6.07) is 11.2. The van der Waals surface area contributed by atoms with Gasteiger partial charge in [0.25, 0.3) is 0 Å². The van der Waals surface area contributed by atoms with Crippen molar-refractivity contribution in [2.45, 2.75) is 29.9 Å². The minimum atomic E-state index is -4.30. The van der Waals surface area contributed by atoms with Gasteiger partial charge in [-0.1, -0.05) is 6.07 Å². The van der Waals surface area contributed by atoms with E-state index in [-0.39, 0.29) is 16.7 Å². The van der Waals surface area contributed by atoms with Crippen LogP contribution in [0.4, 0.5) is 13.2 Å². The summed E-state index contributed by atoms with van der Waals surface area (Å²) in [7, 11) is 0. The van der Waals surface area contributed by atoms with Crippen LogP contribution in [0.5, 0.6) is 5.75 Å². The SMILES string of the molecule is CC(C)(C#Cc1ccccn1)Oc1ccc(SC(F)(F)F)cc1. The molecule has 1 heterocycles. The first kappa shape index (κ1) is 17.2. The Labute approximate surface area is 137 Å². The molecule has 0 radical (unpaired) electrons. The van der Waals surface area contributed by atoms with E-state index >= 15 is 0 Å². The number of ether oxygens (including phenoxy) is 1. The number of pyridine rings is 1. The maximum atomic E-state index is 12.3. The van der Waals surface area contributed by atoms with Crippen molar-refractivity contribution in [2.75, 3.05) is 0 Å². The molecule has 120 valence electrons. The first-order valence-electron chi connectivity index (χ1n) is 6.73. The van der Waals surface area contributed by atoms with Crippen molar-refractivity contribution in [3.63, 3.8) is 0 Å². The number of thioether (sulfide) groups is 1. The Kier molecular flexibility index (Phi) is 5.22. The lowest BCUT2D eigenvalue weighted by molar-refractivity contribution is -0.0328. The quantitative estimate of drug-likeness (QED) is 0.587. The van der Waals surface area contributed by atoms with Crippen LogP contribution in [-0.4, -0.2) is 16.1 Å². The van der Waals surface area contributed by atoms with Gasteiger partial charge < -0.3 is 4.74 Å². The lowest BCUT2D eigenvalue weighted by atomic mass is 10.1. The summed E-state index contributed by atoms with van der Waals surface area (Å²) in [6.45, 7) is 3.56. The zero-order valence-corrected chi connectivity index (χ0v) is 13.3. The van der Waals surface area contributed by atoms with E-state index in [4.69, 9.17) is 4.74 Å². The summed E-state index contributed by atoms with van der Waals surface area (Å²) in [5.74, 6) is 6.32. The Morgan fingerprint density at radius 3 is 2.30 bits per heavy atom. The summed E-state index contributed by atoms with van der Waals surface area (Å²) in [4.78, 5) is 4.21. The molecule has 2 aromatic rings. The number of halogens is 3. The molecule has 0 saturated heterocycles. The summed E-state index contributed by atoms with van der Waals surface area (Å²) in [5.41, 5.74) is -4.47. The molecule has 0 fully saturated rings. The zero-order valence-electron chi connectivity index (χ0n) is 12.5. The number of benzene rings is 1. The maximum absolute atomic E-state index is 12.3. The molecule has 0 unspecified atom stereocenters. The smallest absolute Gasteiger partial charge is 0.446 e. The molecule has 2 rings (SSSR count). The molecule has 0 aliphatic rings. The van der Waals surface area contributed by atoms with Crippen molar-refractivity contribution < 1.29 is 17.9 Å².